The number of hydrogen-bond donors (Lipinski definition) is 0. The summed E-state index contributed by atoms with van der Waals surface area (Å²) in [5.74, 6) is -9.60. The summed E-state index contributed by atoms with van der Waals surface area (Å²) in [6.45, 7) is 0. The molecule has 0 nitrogen and oxygen atoms in total. The Labute approximate surface area is 71.0 Å². The number of halogens is 9. The summed E-state index contributed by atoms with van der Waals surface area (Å²) >= 11 is 0. The van der Waals surface area contributed by atoms with Gasteiger partial charge in [-0.25, -0.2) is 8.78 Å². The van der Waals surface area contributed by atoms with Gasteiger partial charge < -0.3 is 0 Å². The lowest BCUT2D eigenvalue weighted by molar-refractivity contribution is -0.300. The van der Waals surface area contributed by atoms with Crippen molar-refractivity contribution < 1.29 is 39.5 Å². The fourth-order valence-electron chi connectivity index (χ4n) is 0.399. The predicted octanol–water partition coefficient (Wildman–Crippen LogP) is 3.60. The standard InChI is InChI=1S/C5HF9/c6-1(3(8)9)2(7)4(10,11)5(12,13)14/h2H. The molecule has 0 bridgehead atoms. The SMILES string of the molecule is FC(F)=C(F)C(F)C(F)(F)C(F)(F)F. The van der Waals surface area contributed by atoms with Crippen LogP contribution in [-0.4, -0.2) is 18.3 Å². The molecule has 9 heteroatoms. The van der Waals surface area contributed by atoms with Crippen molar-refractivity contribution in [1.29, 1.82) is 0 Å². The van der Waals surface area contributed by atoms with Crippen molar-refractivity contribution in [3.63, 3.8) is 0 Å². The molecule has 0 saturated carbocycles. The van der Waals surface area contributed by atoms with Crippen LogP contribution in [0.2, 0.25) is 0 Å². The summed E-state index contributed by atoms with van der Waals surface area (Å²) in [5, 5.41) is 0. The van der Waals surface area contributed by atoms with Gasteiger partial charge in [-0.3, -0.25) is 0 Å². The maximum absolute atomic E-state index is 11.9. The van der Waals surface area contributed by atoms with Crippen molar-refractivity contribution in [1.82, 2.24) is 0 Å². The van der Waals surface area contributed by atoms with E-state index in [-0.39, 0.29) is 0 Å². The molecule has 0 rings (SSSR count). The van der Waals surface area contributed by atoms with Crippen LogP contribution >= 0.6 is 0 Å². The Balaban J connectivity index is 5.05. The Morgan fingerprint density at radius 3 is 1.43 bits per heavy atom. The summed E-state index contributed by atoms with van der Waals surface area (Å²) in [6, 6.07) is 0. The van der Waals surface area contributed by atoms with Gasteiger partial charge in [0.2, 0.25) is 12.0 Å². The molecule has 0 radical (unpaired) electrons. The molecule has 84 valence electrons. The number of allylic oxidation sites excluding steroid dienone is 1. The van der Waals surface area contributed by atoms with Gasteiger partial charge in [-0.15, -0.1) is 0 Å². The Morgan fingerprint density at radius 1 is 0.857 bits per heavy atom. The first kappa shape index (κ1) is 13.1. The van der Waals surface area contributed by atoms with Gasteiger partial charge in [0.25, 0.3) is 0 Å². The molecule has 1 unspecified atom stereocenters. The van der Waals surface area contributed by atoms with Crippen LogP contribution in [0.3, 0.4) is 0 Å². The van der Waals surface area contributed by atoms with E-state index in [9.17, 15) is 39.5 Å². The van der Waals surface area contributed by atoms with Gasteiger partial charge in [0.05, 0.1) is 0 Å². The quantitative estimate of drug-likeness (QED) is 0.638. The molecule has 0 aliphatic rings. The van der Waals surface area contributed by atoms with E-state index in [1.165, 1.54) is 0 Å². The average Bonchev–Trinajstić information content (AvgIpc) is 1.99. The Kier molecular flexibility index (Phi) is 3.46. The van der Waals surface area contributed by atoms with Gasteiger partial charge in [0.15, 0.2) is 0 Å². The van der Waals surface area contributed by atoms with Crippen LogP contribution in [0, 0.1) is 0 Å². The van der Waals surface area contributed by atoms with E-state index in [1.54, 1.807) is 0 Å². The van der Waals surface area contributed by atoms with E-state index >= 15 is 0 Å². The van der Waals surface area contributed by atoms with E-state index in [0.29, 0.717) is 0 Å². The zero-order chi connectivity index (χ0) is 11.7. The van der Waals surface area contributed by atoms with Gasteiger partial charge >= 0.3 is 18.2 Å². The van der Waals surface area contributed by atoms with Gasteiger partial charge in [-0.2, -0.15) is 30.7 Å². The highest BCUT2D eigenvalue weighted by atomic mass is 19.4. The van der Waals surface area contributed by atoms with Crippen molar-refractivity contribution >= 4 is 0 Å². The van der Waals surface area contributed by atoms with Crippen molar-refractivity contribution in [2.75, 3.05) is 0 Å². The van der Waals surface area contributed by atoms with E-state index < -0.39 is 30.2 Å². The lowest BCUT2D eigenvalue weighted by atomic mass is 10.2. The summed E-state index contributed by atoms with van der Waals surface area (Å²) in [5.41, 5.74) is 0. The smallest absolute Gasteiger partial charge is 0.232 e. The Bertz CT molecular complexity index is 232. The van der Waals surface area contributed by atoms with Gasteiger partial charge in [-0.1, -0.05) is 0 Å². The van der Waals surface area contributed by atoms with E-state index in [1.807, 2.05) is 0 Å². The van der Waals surface area contributed by atoms with Gasteiger partial charge in [0, 0.05) is 0 Å². The van der Waals surface area contributed by atoms with Crippen molar-refractivity contribution in [2.45, 2.75) is 18.3 Å². The highest BCUT2D eigenvalue weighted by Gasteiger charge is 2.65. The highest BCUT2D eigenvalue weighted by molar-refractivity contribution is 5.06. The lowest BCUT2D eigenvalue weighted by Gasteiger charge is -2.21. The summed E-state index contributed by atoms with van der Waals surface area (Å²) in [7, 11) is 0. The van der Waals surface area contributed by atoms with Crippen LogP contribution in [0.5, 0.6) is 0 Å². The number of alkyl halides is 6. The minimum absolute atomic E-state index is 3.42. The predicted molar refractivity (Wildman–Crippen MR) is 26.2 cm³/mol. The summed E-state index contributed by atoms with van der Waals surface area (Å²) < 4.78 is 103. The molecular formula is C5HF9. The van der Waals surface area contributed by atoms with Crippen LogP contribution in [0.4, 0.5) is 39.5 Å². The monoisotopic (exact) mass is 232 g/mol. The zero-order valence-corrected chi connectivity index (χ0v) is 5.98. The topological polar surface area (TPSA) is 0 Å². The molecule has 0 heterocycles. The maximum atomic E-state index is 11.9. The summed E-state index contributed by atoms with van der Waals surface area (Å²) in [6.07, 6.45) is -14.7. The molecular weight excluding hydrogens is 231 g/mol. The Hall–Kier alpha value is -0.890. The highest BCUT2D eigenvalue weighted by Crippen LogP contribution is 2.42. The van der Waals surface area contributed by atoms with Crippen molar-refractivity contribution in [2.24, 2.45) is 0 Å². The molecule has 0 spiro atoms. The fraction of sp³-hybridized carbons (Fsp3) is 0.600. The fourth-order valence-corrected chi connectivity index (χ4v) is 0.399. The van der Waals surface area contributed by atoms with E-state index in [4.69, 9.17) is 0 Å². The first-order valence-corrected chi connectivity index (χ1v) is 2.81. The molecule has 14 heavy (non-hydrogen) atoms. The van der Waals surface area contributed by atoms with Crippen LogP contribution in [0.25, 0.3) is 0 Å². The van der Waals surface area contributed by atoms with Gasteiger partial charge in [-0.05, 0) is 0 Å². The third-order valence-corrected chi connectivity index (χ3v) is 1.10. The van der Waals surface area contributed by atoms with Crippen molar-refractivity contribution in [3.8, 4) is 0 Å². The average molecular weight is 232 g/mol. The molecule has 0 aliphatic heterocycles. The molecule has 0 saturated heterocycles. The number of rotatable bonds is 2. The normalized spacial score (nSPS) is 15.2. The third-order valence-electron chi connectivity index (χ3n) is 1.10. The van der Waals surface area contributed by atoms with E-state index in [0.717, 1.165) is 0 Å². The van der Waals surface area contributed by atoms with Crippen molar-refractivity contribution in [3.05, 3.63) is 11.9 Å². The molecule has 0 aliphatic carbocycles. The van der Waals surface area contributed by atoms with Crippen LogP contribution < -0.4 is 0 Å². The third kappa shape index (κ3) is 2.32. The zero-order valence-electron chi connectivity index (χ0n) is 5.98. The largest absolute Gasteiger partial charge is 0.456 e. The first-order valence-electron chi connectivity index (χ1n) is 2.81. The molecule has 0 aromatic heterocycles. The molecule has 0 aromatic carbocycles. The van der Waals surface area contributed by atoms with Gasteiger partial charge in [0.1, 0.15) is 0 Å². The lowest BCUT2D eigenvalue weighted by Crippen LogP contribution is -2.45. The first-order chi connectivity index (χ1) is 6.01. The molecule has 1 atom stereocenters. The Morgan fingerprint density at radius 2 is 1.21 bits per heavy atom. The summed E-state index contributed by atoms with van der Waals surface area (Å²) in [4.78, 5) is 0. The maximum Gasteiger partial charge on any atom is 0.456 e. The molecule has 0 amide bonds. The second-order valence-corrected chi connectivity index (χ2v) is 2.09. The number of hydrogen-bond acceptors (Lipinski definition) is 0. The second kappa shape index (κ2) is 3.70. The minimum Gasteiger partial charge on any atom is -0.232 e. The minimum atomic E-state index is -6.43. The van der Waals surface area contributed by atoms with Crippen LogP contribution in [0.15, 0.2) is 11.9 Å². The van der Waals surface area contributed by atoms with E-state index in [2.05, 4.69) is 0 Å². The molecule has 0 aromatic rings. The second-order valence-electron chi connectivity index (χ2n) is 2.09. The van der Waals surface area contributed by atoms with Crippen LogP contribution in [0.1, 0.15) is 0 Å². The van der Waals surface area contributed by atoms with Crippen LogP contribution in [-0.2, 0) is 0 Å². The molecule has 0 fully saturated rings. The molecule has 0 N–H and O–H groups in total.